The Morgan fingerprint density at radius 3 is 2.37 bits per heavy atom. The van der Waals surface area contributed by atoms with Crippen molar-refractivity contribution in [2.24, 2.45) is 0 Å². The molecule has 0 saturated carbocycles. The van der Waals surface area contributed by atoms with Crippen molar-refractivity contribution in [2.45, 2.75) is 20.3 Å². The molecule has 0 atom stereocenters. The zero-order valence-electron chi connectivity index (χ0n) is 11.1. The molecule has 0 radical (unpaired) electrons. The highest BCUT2D eigenvalue weighted by atomic mass is 35.5. The summed E-state index contributed by atoms with van der Waals surface area (Å²) >= 11 is 5.87. The second-order valence-electron chi connectivity index (χ2n) is 4.07. The molecule has 5 heteroatoms. The Morgan fingerprint density at radius 2 is 1.74 bits per heavy atom. The van der Waals surface area contributed by atoms with E-state index in [9.17, 15) is 0 Å². The summed E-state index contributed by atoms with van der Waals surface area (Å²) in [5, 5.41) is 7.18. The molecule has 0 saturated heterocycles. The van der Waals surface area contributed by atoms with Gasteiger partial charge in [-0.2, -0.15) is 0 Å². The monoisotopic (exact) mass is 276 g/mol. The van der Waals surface area contributed by atoms with Gasteiger partial charge in [0, 0.05) is 29.7 Å². The molecule has 2 N–H and O–H groups in total. The Bertz CT molecular complexity index is 540. The maximum Gasteiger partial charge on any atom is 0.136 e. The molecule has 0 amide bonds. The molecule has 0 unspecified atom stereocenters. The van der Waals surface area contributed by atoms with Crippen LogP contribution in [0.5, 0.6) is 0 Å². The van der Waals surface area contributed by atoms with Gasteiger partial charge in [0.25, 0.3) is 0 Å². The highest BCUT2D eigenvalue weighted by molar-refractivity contribution is 6.30. The van der Waals surface area contributed by atoms with Crippen molar-refractivity contribution in [1.29, 1.82) is 0 Å². The number of anilines is 3. The number of nitrogens with one attached hydrogen (secondary N) is 2. The van der Waals surface area contributed by atoms with Gasteiger partial charge in [-0.3, -0.25) is 0 Å². The van der Waals surface area contributed by atoms with Crippen LogP contribution < -0.4 is 10.6 Å². The zero-order chi connectivity index (χ0) is 13.7. The minimum absolute atomic E-state index is 0.718. The van der Waals surface area contributed by atoms with Crippen LogP contribution in [0.4, 0.5) is 17.3 Å². The van der Waals surface area contributed by atoms with E-state index < -0.39 is 0 Å². The molecule has 0 aliphatic heterocycles. The first-order valence-electron chi connectivity index (χ1n) is 6.35. The van der Waals surface area contributed by atoms with Gasteiger partial charge in [0.1, 0.15) is 17.5 Å². The van der Waals surface area contributed by atoms with Crippen LogP contribution in [0.25, 0.3) is 0 Å². The zero-order valence-corrected chi connectivity index (χ0v) is 11.8. The van der Waals surface area contributed by atoms with Gasteiger partial charge in [0.15, 0.2) is 0 Å². The van der Waals surface area contributed by atoms with Crippen molar-refractivity contribution < 1.29 is 0 Å². The van der Waals surface area contributed by atoms with E-state index in [0.29, 0.717) is 0 Å². The van der Waals surface area contributed by atoms with Crippen molar-refractivity contribution >= 4 is 28.9 Å². The predicted octanol–water partition coefficient (Wildman–Crippen LogP) is 3.87. The van der Waals surface area contributed by atoms with Crippen LogP contribution >= 0.6 is 11.6 Å². The molecule has 0 fully saturated rings. The van der Waals surface area contributed by atoms with Crippen LogP contribution in [-0.4, -0.2) is 16.5 Å². The van der Waals surface area contributed by atoms with E-state index in [2.05, 4.69) is 20.6 Å². The molecule has 0 spiro atoms. The topological polar surface area (TPSA) is 49.8 Å². The van der Waals surface area contributed by atoms with E-state index in [1.165, 1.54) is 0 Å². The van der Waals surface area contributed by atoms with E-state index in [-0.39, 0.29) is 0 Å². The van der Waals surface area contributed by atoms with Gasteiger partial charge in [-0.15, -0.1) is 0 Å². The minimum Gasteiger partial charge on any atom is -0.370 e. The molecule has 4 nitrogen and oxygen atoms in total. The van der Waals surface area contributed by atoms with Crippen LogP contribution in [0.1, 0.15) is 19.7 Å². The number of nitrogens with zero attached hydrogens (tertiary/aromatic N) is 2. The van der Waals surface area contributed by atoms with Crippen LogP contribution in [0, 0.1) is 0 Å². The molecular formula is C14H17ClN4. The highest BCUT2D eigenvalue weighted by Crippen LogP contribution is 2.19. The lowest BCUT2D eigenvalue weighted by Crippen LogP contribution is -2.05. The molecule has 2 rings (SSSR count). The first-order valence-corrected chi connectivity index (χ1v) is 6.73. The minimum atomic E-state index is 0.718. The number of aromatic nitrogens is 2. The smallest absolute Gasteiger partial charge is 0.136 e. The van der Waals surface area contributed by atoms with Crippen LogP contribution in [-0.2, 0) is 6.42 Å². The van der Waals surface area contributed by atoms with E-state index in [1.807, 2.05) is 44.2 Å². The van der Waals surface area contributed by atoms with Crippen molar-refractivity contribution in [1.82, 2.24) is 9.97 Å². The van der Waals surface area contributed by atoms with E-state index >= 15 is 0 Å². The van der Waals surface area contributed by atoms with Gasteiger partial charge in [0.05, 0.1) is 0 Å². The summed E-state index contributed by atoms with van der Waals surface area (Å²) in [6.45, 7) is 4.91. The number of hydrogen-bond donors (Lipinski definition) is 2. The van der Waals surface area contributed by atoms with Gasteiger partial charge in [0.2, 0.25) is 0 Å². The van der Waals surface area contributed by atoms with Gasteiger partial charge >= 0.3 is 0 Å². The van der Waals surface area contributed by atoms with Crippen LogP contribution in [0.2, 0.25) is 5.02 Å². The summed E-state index contributed by atoms with van der Waals surface area (Å²) in [5.74, 6) is 2.44. The predicted molar refractivity (Wildman–Crippen MR) is 80.3 cm³/mol. The lowest BCUT2D eigenvalue weighted by molar-refractivity contribution is 0.939. The molecule has 1 heterocycles. The molecule has 0 aliphatic carbocycles. The number of aryl methyl sites for hydroxylation is 1. The normalized spacial score (nSPS) is 10.3. The van der Waals surface area contributed by atoms with Crippen molar-refractivity contribution in [3.8, 4) is 0 Å². The molecule has 0 bridgehead atoms. The Morgan fingerprint density at radius 1 is 1.05 bits per heavy atom. The molecule has 100 valence electrons. The van der Waals surface area contributed by atoms with Crippen LogP contribution in [0.3, 0.4) is 0 Å². The first-order chi connectivity index (χ1) is 9.21. The third kappa shape index (κ3) is 3.83. The molecular weight excluding hydrogens is 260 g/mol. The maximum atomic E-state index is 5.87. The lowest BCUT2D eigenvalue weighted by atomic mass is 10.3. The number of halogens is 1. The van der Waals surface area contributed by atoms with Gasteiger partial charge < -0.3 is 10.6 Å². The highest BCUT2D eigenvalue weighted by Gasteiger charge is 2.03. The quantitative estimate of drug-likeness (QED) is 0.870. The van der Waals surface area contributed by atoms with Gasteiger partial charge in [-0.1, -0.05) is 18.5 Å². The Kier molecular flexibility index (Phi) is 4.58. The summed E-state index contributed by atoms with van der Waals surface area (Å²) in [4.78, 5) is 8.87. The van der Waals surface area contributed by atoms with E-state index in [4.69, 9.17) is 11.6 Å². The van der Waals surface area contributed by atoms with Gasteiger partial charge in [-0.05, 0) is 31.2 Å². The standard InChI is InChI=1S/C14H17ClN4/c1-3-12-18-13(16-4-2)9-14(19-12)17-11-7-5-10(15)6-8-11/h5-9H,3-4H2,1-2H3,(H2,16,17,18,19). The molecule has 1 aromatic heterocycles. The van der Waals surface area contributed by atoms with Crippen molar-refractivity contribution in [3.63, 3.8) is 0 Å². The third-order valence-corrected chi connectivity index (χ3v) is 2.82. The molecule has 19 heavy (non-hydrogen) atoms. The SMILES string of the molecule is CCNc1cc(Nc2ccc(Cl)cc2)nc(CC)n1. The van der Waals surface area contributed by atoms with Crippen LogP contribution in [0.15, 0.2) is 30.3 Å². The molecule has 0 aliphatic rings. The summed E-state index contributed by atoms with van der Waals surface area (Å²) in [6.07, 6.45) is 0.800. The van der Waals surface area contributed by atoms with Crippen molar-refractivity contribution in [2.75, 3.05) is 17.2 Å². The number of rotatable bonds is 5. The molecule has 1 aromatic carbocycles. The fraction of sp³-hybridized carbons (Fsp3) is 0.286. The Balaban J connectivity index is 2.23. The average molecular weight is 277 g/mol. The summed E-state index contributed by atoms with van der Waals surface area (Å²) in [5.41, 5.74) is 0.951. The fourth-order valence-corrected chi connectivity index (χ4v) is 1.80. The van der Waals surface area contributed by atoms with E-state index in [1.54, 1.807) is 0 Å². The second-order valence-corrected chi connectivity index (χ2v) is 4.51. The Hall–Kier alpha value is -1.81. The second kappa shape index (κ2) is 6.38. The van der Waals surface area contributed by atoms with Crippen molar-refractivity contribution in [3.05, 3.63) is 41.2 Å². The maximum absolute atomic E-state index is 5.87. The number of benzene rings is 1. The fourth-order valence-electron chi connectivity index (χ4n) is 1.67. The number of hydrogen-bond acceptors (Lipinski definition) is 4. The third-order valence-electron chi connectivity index (χ3n) is 2.56. The largest absolute Gasteiger partial charge is 0.370 e. The summed E-state index contributed by atoms with van der Waals surface area (Å²) in [7, 11) is 0. The first kappa shape index (κ1) is 13.6. The summed E-state index contributed by atoms with van der Waals surface area (Å²) < 4.78 is 0. The summed E-state index contributed by atoms with van der Waals surface area (Å²) in [6, 6.07) is 9.43. The van der Waals surface area contributed by atoms with E-state index in [0.717, 1.165) is 41.1 Å². The lowest BCUT2D eigenvalue weighted by Gasteiger charge is -2.10. The van der Waals surface area contributed by atoms with Gasteiger partial charge in [-0.25, -0.2) is 9.97 Å². The molecule has 2 aromatic rings. The Labute approximate surface area is 118 Å². The average Bonchev–Trinajstić information content (AvgIpc) is 2.41.